The van der Waals surface area contributed by atoms with E-state index in [1.165, 1.54) is 23.9 Å². The van der Waals surface area contributed by atoms with E-state index < -0.39 is 11.7 Å². The quantitative estimate of drug-likeness (QED) is 0.477. The highest BCUT2D eigenvalue weighted by Gasteiger charge is 2.30. The first-order valence-corrected chi connectivity index (χ1v) is 10.9. The fourth-order valence-corrected chi connectivity index (χ4v) is 3.49. The lowest BCUT2D eigenvalue weighted by atomic mass is 10.1. The number of rotatable bonds is 8. The van der Waals surface area contributed by atoms with E-state index in [1.807, 2.05) is 6.08 Å². The predicted octanol–water partition coefficient (Wildman–Crippen LogP) is 4.41. The lowest BCUT2D eigenvalue weighted by Crippen LogP contribution is -2.31. The molecule has 0 spiro atoms. The van der Waals surface area contributed by atoms with Crippen LogP contribution in [0.5, 0.6) is 11.6 Å². The average Bonchev–Trinajstić information content (AvgIpc) is 3.31. The number of amides is 1. The van der Waals surface area contributed by atoms with Crippen LogP contribution in [0.25, 0.3) is 16.9 Å². The number of alkyl halides is 3. The zero-order valence-electron chi connectivity index (χ0n) is 19.0. The second-order valence-electron chi connectivity index (χ2n) is 7.81. The molecule has 0 saturated carbocycles. The minimum absolute atomic E-state index is 0.112. The van der Waals surface area contributed by atoms with E-state index in [0.29, 0.717) is 42.8 Å². The summed E-state index contributed by atoms with van der Waals surface area (Å²) < 4.78 is 56.1. The van der Waals surface area contributed by atoms with Gasteiger partial charge in [0.05, 0.1) is 37.3 Å². The second-order valence-corrected chi connectivity index (χ2v) is 7.81. The number of ether oxygens (including phenoxy) is 3. The van der Waals surface area contributed by atoms with Crippen molar-refractivity contribution in [3.63, 3.8) is 0 Å². The van der Waals surface area contributed by atoms with Gasteiger partial charge in [-0.05, 0) is 55.0 Å². The van der Waals surface area contributed by atoms with Gasteiger partial charge in [0, 0.05) is 18.2 Å². The molecule has 0 atom stereocenters. The van der Waals surface area contributed by atoms with E-state index in [2.05, 4.69) is 10.4 Å². The topological polar surface area (TPSA) is 74.6 Å². The number of hydrogen-bond acceptors (Lipinski definition) is 5. The molecule has 0 fully saturated rings. The highest BCUT2D eigenvalue weighted by molar-refractivity contribution is 5.77. The van der Waals surface area contributed by atoms with Crippen LogP contribution in [0, 0.1) is 0 Å². The highest BCUT2D eigenvalue weighted by atomic mass is 19.4. The molecule has 7 nitrogen and oxygen atoms in total. The molecule has 35 heavy (non-hydrogen) atoms. The Labute approximate surface area is 200 Å². The summed E-state index contributed by atoms with van der Waals surface area (Å²) >= 11 is 0. The molecule has 0 aliphatic carbocycles. The van der Waals surface area contributed by atoms with Gasteiger partial charge < -0.3 is 19.5 Å². The van der Waals surface area contributed by atoms with Crippen molar-refractivity contribution in [2.75, 3.05) is 33.5 Å². The Kier molecular flexibility index (Phi) is 7.40. The second kappa shape index (κ2) is 10.6. The van der Waals surface area contributed by atoms with Crippen molar-refractivity contribution in [1.29, 1.82) is 0 Å². The van der Waals surface area contributed by atoms with Crippen LogP contribution in [-0.2, 0) is 15.7 Å². The molecule has 1 N–H and O–H groups in total. The molecule has 1 aliphatic rings. The summed E-state index contributed by atoms with van der Waals surface area (Å²) in [5.41, 5.74) is 2.15. The summed E-state index contributed by atoms with van der Waals surface area (Å²) in [7, 11) is 1.46. The van der Waals surface area contributed by atoms with Crippen molar-refractivity contribution in [1.82, 2.24) is 15.1 Å². The van der Waals surface area contributed by atoms with E-state index in [9.17, 15) is 18.0 Å². The van der Waals surface area contributed by atoms with Crippen LogP contribution in [0.4, 0.5) is 13.2 Å². The molecule has 0 radical (unpaired) electrons. The van der Waals surface area contributed by atoms with Gasteiger partial charge in [0.25, 0.3) is 5.91 Å². The van der Waals surface area contributed by atoms with Gasteiger partial charge in [-0.25, -0.2) is 4.68 Å². The van der Waals surface area contributed by atoms with Crippen LogP contribution in [-0.4, -0.2) is 49.2 Å². The molecule has 2 aromatic carbocycles. The van der Waals surface area contributed by atoms with E-state index in [1.54, 1.807) is 30.3 Å². The van der Waals surface area contributed by atoms with Crippen LogP contribution in [0.15, 0.2) is 66.2 Å². The maximum Gasteiger partial charge on any atom is 0.416 e. The van der Waals surface area contributed by atoms with Gasteiger partial charge in [-0.3, -0.25) is 4.79 Å². The lowest BCUT2D eigenvalue weighted by molar-refractivity contribution is -0.137. The Morgan fingerprint density at radius 1 is 1.14 bits per heavy atom. The summed E-state index contributed by atoms with van der Waals surface area (Å²) in [5, 5.41) is 7.30. The van der Waals surface area contributed by atoms with Gasteiger partial charge >= 0.3 is 6.18 Å². The Hall–Kier alpha value is -3.79. The molecule has 1 aliphatic heterocycles. The Balaban J connectivity index is 1.38. The van der Waals surface area contributed by atoms with E-state index in [0.717, 1.165) is 29.7 Å². The first-order valence-electron chi connectivity index (χ1n) is 10.9. The van der Waals surface area contributed by atoms with Crippen LogP contribution >= 0.6 is 0 Å². The molecule has 0 unspecified atom stereocenters. The van der Waals surface area contributed by atoms with Crippen molar-refractivity contribution in [3.8, 4) is 28.6 Å². The fraction of sp³-hybridized carbons (Fsp3) is 0.280. The summed E-state index contributed by atoms with van der Waals surface area (Å²) in [4.78, 5) is 12.0. The zero-order valence-corrected chi connectivity index (χ0v) is 19.0. The van der Waals surface area contributed by atoms with Crippen molar-refractivity contribution in [3.05, 3.63) is 71.8 Å². The first-order chi connectivity index (χ1) is 16.8. The third kappa shape index (κ3) is 6.21. The molecule has 1 amide bonds. The number of methoxy groups -OCH3 is 1. The number of carbonyl (C=O) groups excluding carboxylic acids is 1. The molecule has 2 heterocycles. The summed E-state index contributed by atoms with van der Waals surface area (Å²) in [5.74, 6) is 0.668. The van der Waals surface area contributed by atoms with Crippen LogP contribution in [0.1, 0.15) is 12.0 Å². The standard InChI is InChI=1S/C25H24F3N3O4/c1-33-24-14-22(30-31(24)20-6-4-19(5-7-20)25(26,27)28)18-2-8-21(9-3-18)35-16-23(32)29-15-17-10-12-34-13-11-17/h2-10,14H,11-13,15-16H2,1H3,(H,29,32). The molecule has 10 heteroatoms. The summed E-state index contributed by atoms with van der Waals surface area (Å²) in [6.45, 7) is 1.61. The minimum Gasteiger partial charge on any atom is -0.484 e. The number of benzene rings is 2. The monoisotopic (exact) mass is 487 g/mol. The number of halogens is 3. The van der Waals surface area contributed by atoms with Gasteiger partial charge in [0.15, 0.2) is 6.61 Å². The summed E-state index contributed by atoms with van der Waals surface area (Å²) in [6, 6.07) is 13.3. The third-order valence-corrected chi connectivity index (χ3v) is 5.42. The third-order valence-electron chi connectivity index (χ3n) is 5.42. The van der Waals surface area contributed by atoms with Crippen LogP contribution in [0.3, 0.4) is 0 Å². The number of nitrogens with zero attached hydrogens (tertiary/aromatic N) is 2. The Morgan fingerprint density at radius 2 is 1.89 bits per heavy atom. The molecule has 1 aromatic heterocycles. The zero-order chi connectivity index (χ0) is 24.8. The molecule has 4 rings (SSSR count). The van der Waals surface area contributed by atoms with Crippen molar-refractivity contribution >= 4 is 5.91 Å². The highest BCUT2D eigenvalue weighted by Crippen LogP contribution is 2.31. The van der Waals surface area contributed by atoms with Crippen LogP contribution in [0.2, 0.25) is 0 Å². The Bertz CT molecular complexity index is 1190. The van der Waals surface area contributed by atoms with Crippen molar-refractivity contribution < 1.29 is 32.2 Å². The Morgan fingerprint density at radius 3 is 2.51 bits per heavy atom. The van der Waals surface area contributed by atoms with Gasteiger partial charge in [0.1, 0.15) is 5.75 Å². The molecular formula is C25H24F3N3O4. The van der Waals surface area contributed by atoms with E-state index in [-0.39, 0.29) is 12.5 Å². The molecule has 0 bridgehead atoms. The molecule has 184 valence electrons. The number of aromatic nitrogens is 2. The largest absolute Gasteiger partial charge is 0.484 e. The molecular weight excluding hydrogens is 463 g/mol. The number of hydrogen-bond donors (Lipinski definition) is 1. The molecule has 0 saturated heterocycles. The molecule has 3 aromatic rings. The van der Waals surface area contributed by atoms with Gasteiger partial charge in [0.2, 0.25) is 5.88 Å². The van der Waals surface area contributed by atoms with Gasteiger partial charge in [-0.15, -0.1) is 0 Å². The fourth-order valence-electron chi connectivity index (χ4n) is 3.49. The minimum atomic E-state index is -4.41. The predicted molar refractivity (Wildman–Crippen MR) is 123 cm³/mol. The maximum atomic E-state index is 12.9. The first kappa shape index (κ1) is 24.3. The number of carbonyl (C=O) groups is 1. The lowest BCUT2D eigenvalue weighted by Gasteiger charge is -2.14. The van der Waals surface area contributed by atoms with Crippen molar-refractivity contribution in [2.24, 2.45) is 0 Å². The summed E-state index contributed by atoms with van der Waals surface area (Å²) in [6.07, 6.45) is -1.63. The van der Waals surface area contributed by atoms with Crippen LogP contribution < -0.4 is 14.8 Å². The SMILES string of the molecule is COc1cc(-c2ccc(OCC(=O)NCC3=CCOCC3)cc2)nn1-c1ccc(C(F)(F)F)cc1. The van der Waals surface area contributed by atoms with Crippen molar-refractivity contribution in [2.45, 2.75) is 12.6 Å². The van der Waals surface area contributed by atoms with E-state index >= 15 is 0 Å². The smallest absolute Gasteiger partial charge is 0.416 e. The van der Waals surface area contributed by atoms with Gasteiger partial charge in [-0.1, -0.05) is 11.6 Å². The van der Waals surface area contributed by atoms with E-state index in [4.69, 9.17) is 14.2 Å². The normalized spacial score (nSPS) is 13.8. The van der Waals surface area contributed by atoms with Gasteiger partial charge in [-0.2, -0.15) is 18.3 Å². The number of nitrogens with one attached hydrogen (secondary N) is 1. The average molecular weight is 487 g/mol. The maximum absolute atomic E-state index is 12.9.